The first-order valence-corrected chi connectivity index (χ1v) is 8.11. The molecule has 27 heavy (non-hydrogen) atoms. The Labute approximate surface area is 154 Å². The van der Waals surface area contributed by atoms with E-state index in [0.29, 0.717) is 5.82 Å². The summed E-state index contributed by atoms with van der Waals surface area (Å²) in [6, 6.07) is 13.0. The highest BCUT2D eigenvalue weighted by Gasteiger charge is 2.15. The van der Waals surface area contributed by atoms with E-state index in [9.17, 15) is 14.0 Å². The molecule has 8 heteroatoms. The molecule has 2 aromatic carbocycles. The summed E-state index contributed by atoms with van der Waals surface area (Å²) in [6.45, 7) is 1.28. The summed E-state index contributed by atoms with van der Waals surface area (Å²) in [5, 5.41) is 6.15. The normalized spacial score (nSPS) is 10.4. The molecule has 0 aliphatic rings. The van der Waals surface area contributed by atoms with Gasteiger partial charge in [-0.25, -0.2) is 4.39 Å². The standard InChI is InChI=1S/C19H16FN3O4/c1-12-6-2-3-7-13(12)18-22-16(27-23-18)11-26-17(24)10-21-19(25)14-8-4-5-9-15(14)20/h2-9H,10-11H2,1H3,(H,21,25). The number of hydrogen-bond acceptors (Lipinski definition) is 6. The number of hydrogen-bond donors (Lipinski definition) is 1. The third-order valence-corrected chi connectivity index (χ3v) is 3.72. The minimum atomic E-state index is -0.713. The van der Waals surface area contributed by atoms with E-state index < -0.39 is 24.2 Å². The minimum Gasteiger partial charge on any atom is -0.454 e. The molecule has 0 saturated heterocycles. The average molecular weight is 369 g/mol. The highest BCUT2D eigenvalue weighted by Crippen LogP contribution is 2.19. The van der Waals surface area contributed by atoms with Crippen LogP contribution in [0.3, 0.4) is 0 Å². The van der Waals surface area contributed by atoms with Gasteiger partial charge in [-0.3, -0.25) is 9.59 Å². The Kier molecular flexibility index (Phi) is 5.55. The molecule has 7 nitrogen and oxygen atoms in total. The molecule has 0 aliphatic carbocycles. The van der Waals surface area contributed by atoms with E-state index in [2.05, 4.69) is 15.5 Å². The zero-order chi connectivity index (χ0) is 19.2. The number of halogens is 1. The molecule has 138 valence electrons. The summed E-state index contributed by atoms with van der Waals surface area (Å²) in [6.07, 6.45) is 0. The summed E-state index contributed by atoms with van der Waals surface area (Å²) in [4.78, 5) is 27.8. The van der Waals surface area contributed by atoms with E-state index in [4.69, 9.17) is 9.26 Å². The van der Waals surface area contributed by atoms with Crippen molar-refractivity contribution in [3.63, 3.8) is 0 Å². The van der Waals surface area contributed by atoms with Crippen LogP contribution in [0.4, 0.5) is 4.39 Å². The van der Waals surface area contributed by atoms with Gasteiger partial charge >= 0.3 is 5.97 Å². The second kappa shape index (κ2) is 8.22. The third-order valence-electron chi connectivity index (χ3n) is 3.72. The van der Waals surface area contributed by atoms with Crippen molar-refractivity contribution >= 4 is 11.9 Å². The number of rotatable bonds is 6. The largest absolute Gasteiger partial charge is 0.454 e. The lowest BCUT2D eigenvalue weighted by molar-refractivity contribution is -0.144. The number of aryl methyl sites for hydroxylation is 1. The van der Waals surface area contributed by atoms with Gasteiger partial charge in [0, 0.05) is 5.56 Å². The van der Waals surface area contributed by atoms with Crippen molar-refractivity contribution in [2.45, 2.75) is 13.5 Å². The number of ether oxygens (including phenoxy) is 1. The van der Waals surface area contributed by atoms with Crippen LogP contribution in [0.2, 0.25) is 0 Å². The first-order chi connectivity index (χ1) is 13.0. The monoisotopic (exact) mass is 369 g/mol. The van der Waals surface area contributed by atoms with E-state index >= 15 is 0 Å². The first kappa shape index (κ1) is 18.2. The number of aromatic nitrogens is 2. The highest BCUT2D eigenvalue weighted by atomic mass is 19.1. The van der Waals surface area contributed by atoms with Crippen LogP contribution in [0.1, 0.15) is 21.8 Å². The molecule has 1 heterocycles. The number of amides is 1. The SMILES string of the molecule is Cc1ccccc1-c1noc(COC(=O)CNC(=O)c2ccccc2F)n1. The number of carbonyl (C=O) groups is 2. The summed E-state index contributed by atoms with van der Waals surface area (Å²) in [5.74, 6) is -1.56. The Balaban J connectivity index is 1.51. The number of carbonyl (C=O) groups excluding carboxylic acids is 2. The maximum atomic E-state index is 13.5. The molecule has 0 bridgehead atoms. The number of benzene rings is 2. The van der Waals surface area contributed by atoms with Crippen LogP contribution in [0.15, 0.2) is 53.1 Å². The molecule has 0 saturated carbocycles. The average Bonchev–Trinajstić information content (AvgIpc) is 3.14. The van der Waals surface area contributed by atoms with E-state index in [0.717, 1.165) is 17.2 Å². The summed E-state index contributed by atoms with van der Waals surface area (Å²) in [5.41, 5.74) is 1.65. The predicted molar refractivity (Wildman–Crippen MR) is 93.0 cm³/mol. The maximum Gasteiger partial charge on any atom is 0.325 e. The smallest absolute Gasteiger partial charge is 0.325 e. The fraction of sp³-hybridized carbons (Fsp3) is 0.158. The van der Waals surface area contributed by atoms with E-state index in [1.165, 1.54) is 18.2 Å². The highest BCUT2D eigenvalue weighted by molar-refractivity contribution is 5.96. The van der Waals surface area contributed by atoms with Gasteiger partial charge in [0.15, 0.2) is 6.61 Å². The van der Waals surface area contributed by atoms with E-state index in [1.807, 2.05) is 31.2 Å². The lowest BCUT2D eigenvalue weighted by Gasteiger charge is -2.05. The van der Waals surface area contributed by atoms with Gasteiger partial charge in [-0.2, -0.15) is 4.98 Å². The van der Waals surface area contributed by atoms with Gasteiger partial charge in [-0.05, 0) is 24.6 Å². The molecule has 0 aliphatic heterocycles. The van der Waals surface area contributed by atoms with Gasteiger partial charge < -0.3 is 14.6 Å². The van der Waals surface area contributed by atoms with Crippen LogP contribution in [0.5, 0.6) is 0 Å². The molecule has 1 aromatic heterocycles. The van der Waals surface area contributed by atoms with Gasteiger partial charge in [0.25, 0.3) is 11.8 Å². The molecule has 1 N–H and O–H groups in total. The number of esters is 1. The van der Waals surface area contributed by atoms with Gasteiger partial charge in [0.05, 0.1) is 5.56 Å². The topological polar surface area (TPSA) is 94.3 Å². The third kappa shape index (κ3) is 4.55. The molecule has 3 aromatic rings. The van der Waals surface area contributed by atoms with Crippen molar-refractivity contribution in [1.82, 2.24) is 15.5 Å². The maximum absolute atomic E-state index is 13.5. The first-order valence-electron chi connectivity index (χ1n) is 8.11. The van der Waals surface area contributed by atoms with Crippen LogP contribution < -0.4 is 5.32 Å². The molecule has 0 spiro atoms. The van der Waals surface area contributed by atoms with Crippen molar-refractivity contribution in [1.29, 1.82) is 0 Å². The van der Waals surface area contributed by atoms with Crippen molar-refractivity contribution in [3.05, 3.63) is 71.4 Å². The van der Waals surface area contributed by atoms with E-state index in [-0.39, 0.29) is 18.1 Å². The van der Waals surface area contributed by atoms with Gasteiger partial charge in [-0.1, -0.05) is 41.6 Å². The molecule has 3 rings (SSSR count). The molecule has 0 unspecified atom stereocenters. The predicted octanol–water partition coefficient (Wildman–Crippen LogP) is 2.66. The molecule has 0 fully saturated rings. The van der Waals surface area contributed by atoms with Crippen molar-refractivity contribution in [3.8, 4) is 11.4 Å². The Morgan fingerprint density at radius 1 is 1.15 bits per heavy atom. The Bertz CT molecular complexity index is 971. The number of nitrogens with one attached hydrogen (secondary N) is 1. The molecule has 0 radical (unpaired) electrons. The van der Waals surface area contributed by atoms with Gasteiger partial charge in [0.2, 0.25) is 5.82 Å². The van der Waals surface area contributed by atoms with Crippen LogP contribution in [-0.2, 0) is 16.1 Å². The Morgan fingerprint density at radius 2 is 1.89 bits per heavy atom. The fourth-order valence-electron chi connectivity index (χ4n) is 2.33. The summed E-state index contributed by atoms with van der Waals surface area (Å²) >= 11 is 0. The van der Waals surface area contributed by atoms with Gasteiger partial charge in [0.1, 0.15) is 12.4 Å². The number of nitrogens with zero attached hydrogens (tertiary/aromatic N) is 2. The molecule has 0 atom stereocenters. The second-order valence-electron chi connectivity index (χ2n) is 5.65. The fourth-order valence-corrected chi connectivity index (χ4v) is 2.33. The van der Waals surface area contributed by atoms with E-state index in [1.54, 1.807) is 0 Å². The van der Waals surface area contributed by atoms with Crippen LogP contribution >= 0.6 is 0 Å². The zero-order valence-corrected chi connectivity index (χ0v) is 14.4. The summed E-state index contributed by atoms with van der Waals surface area (Å²) in [7, 11) is 0. The van der Waals surface area contributed by atoms with Crippen molar-refractivity contribution in [2.75, 3.05) is 6.54 Å². The lowest BCUT2D eigenvalue weighted by Crippen LogP contribution is -2.31. The molecular weight excluding hydrogens is 353 g/mol. The molecule has 1 amide bonds. The lowest BCUT2D eigenvalue weighted by atomic mass is 10.1. The van der Waals surface area contributed by atoms with Crippen LogP contribution in [0, 0.1) is 12.7 Å². The van der Waals surface area contributed by atoms with Gasteiger partial charge in [-0.15, -0.1) is 0 Å². The Morgan fingerprint density at radius 3 is 2.67 bits per heavy atom. The zero-order valence-electron chi connectivity index (χ0n) is 14.4. The second-order valence-corrected chi connectivity index (χ2v) is 5.65. The van der Waals surface area contributed by atoms with Crippen molar-refractivity contribution < 1.29 is 23.2 Å². The Hall–Kier alpha value is -3.55. The molecular formula is C19H16FN3O4. The minimum absolute atomic E-state index is 0.127. The van der Waals surface area contributed by atoms with Crippen molar-refractivity contribution in [2.24, 2.45) is 0 Å². The van der Waals surface area contributed by atoms with Crippen LogP contribution in [-0.4, -0.2) is 28.6 Å². The summed E-state index contributed by atoms with van der Waals surface area (Å²) < 4.78 is 23.5. The van der Waals surface area contributed by atoms with Crippen LogP contribution in [0.25, 0.3) is 11.4 Å². The quantitative estimate of drug-likeness (QED) is 0.672.